The van der Waals surface area contributed by atoms with Gasteiger partial charge in [-0.2, -0.15) is 0 Å². The second-order valence-electron chi connectivity index (χ2n) is 4.16. The third-order valence-corrected chi connectivity index (χ3v) is 2.22. The van der Waals surface area contributed by atoms with Crippen LogP contribution < -0.4 is 0 Å². The van der Waals surface area contributed by atoms with Crippen LogP contribution in [0.15, 0.2) is 24.3 Å². The number of ether oxygens (including phenoxy) is 1. The first-order valence-electron chi connectivity index (χ1n) is 4.83. The third-order valence-electron chi connectivity index (χ3n) is 1.96. The first kappa shape index (κ1) is 12.1. The van der Waals surface area contributed by atoms with E-state index in [1.807, 2.05) is 38.1 Å². The van der Waals surface area contributed by atoms with Crippen molar-refractivity contribution in [3.63, 3.8) is 0 Å². The van der Waals surface area contributed by atoms with Gasteiger partial charge in [-0.25, -0.2) is 0 Å². The average molecular weight is 227 g/mol. The summed E-state index contributed by atoms with van der Waals surface area (Å²) in [6.45, 7) is 5.20. The first-order chi connectivity index (χ1) is 6.89. The van der Waals surface area contributed by atoms with Crippen molar-refractivity contribution in [1.82, 2.24) is 0 Å². The number of esters is 1. The van der Waals surface area contributed by atoms with Gasteiger partial charge >= 0.3 is 5.97 Å². The second kappa shape index (κ2) is 4.67. The van der Waals surface area contributed by atoms with E-state index < -0.39 is 5.60 Å². The Labute approximate surface area is 95.2 Å². The summed E-state index contributed by atoms with van der Waals surface area (Å²) in [5.74, 6) is -0.256. The fourth-order valence-corrected chi connectivity index (χ4v) is 1.65. The molecule has 15 heavy (non-hydrogen) atoms. The van der Waals surface area contributed by atoms with Crippen LogP contribution in [-0.2, 0) is 16.0 Å². The lowest BCUT2D eigenvalue weighted by Gasteiger charge is -2.24. The van der Waals surface area contributed by atoms with Gasteiger partial charge in [0.05, 0.1) is 0 Å². The zero-order chi connectivity index (χ0) is 11.5. The van der Waals surface area contributed by atoms with Crippen LogP contribution >= 0.6 is 11.6 Å². The number of halogens is 1. The minimum atomic E-state index is -0.473. The molecule has 0 unspecified atom stereocenters. The van der Waals surface area contributed by atoms with Crippen molar-refractivity contribution in [2.45, 2.75) is 32.8 Å². The largest absolute Gasteiger partial charge is 0.460 e. The summed E-state index contributed by atoms with van der Waals surface area (Å²) in [5.41, 5.74) is 0.630. The van der Waals surface area contributed by atoms with Gasteiger partial charge in [-0.1, -0.05) is 23.7 Å². The molecule has 0 atom stereocenters. The Morgan fingerprint density at radius 2 is 1.87 bits per heavy atom. The Hall–Kier alpha value is -1.02. The van der Waals surface area contributed by atoms with Crippen LogP contribution in [0.4, 0.5) is 0 Å². The SMILES string of the molecule is CC(=O)OC(C)(C)Cc1ccc(Cl)cc1. The van der Waals surface area contributed by atoms with Crippen molar-refractivity contribution < 1.29 is 9.53 Å². The molecular formula is C12H15ClO2. The molecular weight excluding hydrogens is 212 g/mol. The summed E-state index contributed by atoms with van der Waals surface area (Å²) in [5, 5.41) is 0.712. The van der Waals surface area contributed by atoms with Crippen LogP contribution in [0.5, 0.6) is 0 Å². The zero-order valence-electron chi connectivity index (χ0n) is 9.21. The highest BCUT2D eigenvalue weighted by Gasteiger charge is 2.21. The summed E-state index contributed by atoms with van der Waals surface area (Å²) >= 11 is 5.78. The molecule has 3 heteroatoms. The molecule has 82 valence electrons. The lowest BCUT2D eigenvalue weighted by Crippen LogP contribution is -2.29. The molecule has 0 heterocycles. The van der Waals surface area contributed by atoms with Crippen LogP contribution in [0.1, 0.15) is 26.3 Å². The molecule has 0 saturated carbocycles. The van der Waals surface area contributed by atoms with Crippen LogP contribution in [-0.4, -0.2) is 11.6 Å². The average Bonchev–Trinajstić information content (AvgIpc) is 2.06. The lowest BCUT2D eigenvalue weighted by molar-refractivity contribution is -0.153. The predicted molar refractivity (Wildman–Crippen MR) is 61.0 cm³/mol. The topological polar surface area (TPSA) is 26.3 Å². The highest BCUT2D eigenvalue weighted by atomic mass is 35.5. The molecule has 1 aromatic rings. The maximum atomic E-state index is 10.9. The standard InChI is InChI=1S/C12H15ClO2/c1-9(14)15-12(2,3)8-10-4-6-11(13)7-5-10/h4-7H,8H2,1-3H3. The fraction of sp³-hybridized carbons (Fsp3) is 0.417. The summed E-state index contributed by atoms with van der Waals surface area (Å²) in [4.78, 5) is 10.9. The van der Waals surface area contributed by atoms with Gasteiger partial charge in [0.2, 0.25) is 0 Å². The number of hydrogen-bond donors (Lipinski definition) is 0. The summed E-state index contributed by atoms with van der Waals surface area (Å²) in [6.07, 6.45) is 0.684. The van der Waals surface area contributed by atoms with Gasteiger partial charge in [-0.05, 0) is 31.5 Å². The maximum Gasteiger partial charge on any atom is 0.303 e. The Bertz CT molecular complexity index is 341. The molecule has 0 aromatic heterocycles. The smallest absolute Gasteiger partial charge is 0.303 e. The molecule has 0 aliphatic carbocycles. The molecule has 0 spiro atoms. The maximum absolute atomic E-state index is 10.9. The zero-order valence-corrected chi connectivity index (χ0v) is 9.97. The van der Waals surface area contributed by atoms with Crippen molar-refractivity contribution in [1.29, 1.82) is 0 Å². The highest BCUT2D eigenvalue weighted by molar-refractivity contribution is 6.30. The normalized spacial score (nSPS) is 11.2. The molecule has 0 radical (unpaired) electrons. The molecule has 0 amide bonds. The lowest BCUT2D eigenvalue weighted by atomic mass is 9.98. The van der Waals surface area contributed by atoms with E-state index in [-0.39, 0.29) is 5.97 Å². The van der Waals surface area contributed by atoms with Crippen molar-refractivity contribution >= 4 is 17.6 Å². The molecule has 0 aliphatic rings. The van der Waals surface area contributed by atoms with Gasteiger partial charge < -0.3 is 4.74 Å². The summed E-state index contributed by atoms with van der Waals surface area (Å²) in [6, 6.07) is 7.54. The van der Waals surface area contributed by atoms with Gasteiger partial charge in [0.1, 0.15) is 5.60 Å². The Morgan fingerprint density at radius 1 is 1.33 bits per heavy atom. The number of benzene rings is 1. The van der Waals surface area contributed by atoms with Crippen molar-refractivity contribution in [2.75, 3.05) is 0 Å². The molecule has 2 nitrogen and oxygen atoms in total. The van der Waals surface area contributed by atoms with Crippen LogP contribution in [0, 0.1) is 0 Å². The fourth-order valence-electron chi connectivity index (χ4n) is 1.52. The quantitative estimate of drug-likeness (QED) is 0.740. The number of hydrogen-bond acceptors (Lipinski definition) is 2. The number of carbonyl (C=O) groups is 1. The molecule has 0 aliphatic heterocycles. The van der Waals surface area contributed by atoms with E-state index in [4.69, 9.17) is 16.3 Å². The number of carbonyl (C=O) groups excluding carboxylic acids is 1. The molecule has 0 saturated heterocycles. The molecule has 1 rings (SSSR count). The van der Waals surface area contributed by atoms with Gasteiger partial charge in [-0.15, -0.1) is 0 Å². The minimum absolute atomic E-state index is 0.256. The molecule has 1 aromatic carbocycles. The number of rotatable bonds is 3. The van der Waals surface area contributed by atoms with Gasteiger partial charge in [0, 0.05) is 18.4 Å². The Kier molecular flexibility index (Phi) is 3.75. The van der Waals surface area contributed by atoms with Crippen LogP contribution in [0.25, 0.3) is 0 Å². The van der Waals surface area contributed by atoms with Crippen molar-refractivity contribution in [2.24, 2.45) is 0 Å². The van der Waals surface area contributed by atoms with E-state index in [9.17, 15) is 4.79 Å². The van der Waals surface area contributed by atoms with E-state index in [0.29, 0.717) is 11.4 Å². The summed E-state index contributed by atoms with van der Waals surface area (Å²) in [7, 11) is 0. The molecule has 0 N–H and O–H groups in total. The van der Waals surface area contributed by atoms with E-state index in [1.165, 1.54) is 6.92 Å². The molecule has 0 fully saturated rings. The third kappa shape index (κ3) is 4.34. The van der Waals surface area contributed by atoms with E-state index >= 15 is 0 Å². The van der Waals surface area contributed by atoms with Gasteiger partial charge in [0.15, 0.2) is 0 Å². The Balaban J connectivity index is 2.68. The van der Waals surface area contributed by atoms with Gasteiger partial charge in [-0.3, -0.25) is 4.79 Å². The molecule has 0 bridgehead atoms. The second-order valence-corrected chi connectivity index (χ2v) is 4.59. The minimum Gasteiger partial charge on any atom is -0.460 e. The first-order valence-corrected chi connectivity index (χ1v) is 5.21. The van der Waals surface area contributed by atoms with Crippen LogP contribution in [0.3, 0.4) is 0 Å². The van der Waals surface area contributed by atoms with Crippen molar-refractivity contribution in [3.05, 3.63) is 34.9 Å². The van der Waals surface area contributed by atoms with Gasteiger partial charge in [0.25, 0.3) is 0 Å². The van der Waals surface area contributed by atoms with Crippen molar-refractivity contribution in [3.8, 4) is 0 Å². The van der Waals surface area contributed by atoms with Crippen LogP contribution in [0.2, 0.25) is 5.02 Å². The van der Waals surface area contributed by atoms with E-state index in [0.717, 1.165) is 5.56 Å². The summed E-state index contributed by atoms with van der Waals surface area (Å²) < 4.78 is 5.20. The van der Waals surface area contributed by atoms with E-state index in [1.54, 1.807) is 0 Å². The highest BCUT2D eigenvalue weighted by Crippen LogP contribution is 2.18. The monoisotopic (exact) mass is 226 g/mol. The van der Waals surface area contributed by atoms with E-state index in [2.05, 4.69) is 0 Å². The Morgan fingerprint density at radius 3 is 2.33 bits per heavy atom. The predicted octanol–water partition coefficient (Wildman–Crippen LogP) is 3.22.